The molecule has 4 rings (SSSR count). The van der Waals surface area contributed by atoms with Crippen LogP contribution in [0.15, 0.2) is 70.0 Å². The summed E-state index contributed by atoms with van der Waals surface area (Å²) >= 11 is 6.70. The summed E-state index contributed by atoms with van der Waals surface area (Å²) in [6.45, 7) is 0. The van der Waals surface area contributed by atoms with Gasteiger partial charge >= 0.3 is 5.97 Å². The van der Waals surface area contributed by atoms with E-state index < -0.39 is 17.1 Å². The fourth-order valence-electron chi connectivity index (χ4n) is 2.97. The molecule has 0 aliphatic carbocycles. The molecule has 1 aliphatic heterocycles. The van der Waals surface area contributed by atoms with Crippen LogP contribution < -0.4 is 4.90 Å². The lowest BCUT2D eigenvalue weighted by atomic mass is 10.1. The molecule has 0 saturated carbocycles. The van der Waals surface area contributed by atoms with Crippen molar-refractivity contribution < 1.29 is 23.5 Å². The minimum absolute atomic E-state index is 0.233. The van der Waals surface area contributed by atoms with Gasteiger partial charge in [-0.05, 0) is 54.2 Å². The van der Waals surface area contributed by atoms with E-state index in [0.29, 0.717) is 33.4 Å². The molecule has 1 saturated heterocycles. The number of hydrogen-bond acceptors (Lipinski definition) is 6. The van der Waals surface area contributed by atoms with Crippen molar-refractivity contribution in [3.05, 3.63) is 81.9 Å². The molecule has 1 fully saturated rings. The highest BCUT2D eigenvalue weighted by Crippen LogP contribution is 2.37. The average molecular weight is 440 g/mol. The lowest BCUT2D eigenvalue weighted by Crippen LogP contribution is -2.27. The van der Waals surface area contributed by atoms with Gasteiger partial charge < -0.3 is 9.15 Å². The summed E-state index contributed by atoms with van der Waals surface area (Å²) in [5.41, 5.74) is 1.37. The smallest absolute Gasteiger partial charge is 0.338 e. The van der Waals surface area contributed by atoms with Crippen molar-refractivity contribution in [2.45, 2.75) is 0 Å². The summed E-state index contributed by atoms with van der Waals surface area (Å²) in [7, 11) is 1.31. The number of carbonyl (C=O) groups is 3. The number of rotatable bonds is 4. The van der Waals surface area contributed by atoms with Crippen LogP contribution in [0.3, 0.4) is 0 Å². The normalized spacial score (nSPS) is 15.1. The molecule has 0 unspecified atom stereocenters. The number of imide groups is 1. The van der Waals surface area contributed by atoms with Gasteiger partial charge in [-0.25, -0.2) is 9.69 Å². The van der Waals surface area contributed by atoms with E-state index in [4.69, 9.17) is 20.8 Å². The lowest BCUT2D eigenvalue weighted by molar-refractivity contribution is -0.113. The predicted octanol–water partition coefficient (Wildman–Crippen LogP) is 5.63. The second-order valence-electron chi connectivity index (χ2n) is 6.23. The van der Waals surface area contributed by atoms with Crippen LogP contribution in [0.2, 0.25) is 5.02 Å². The summed E-state index contributed by atoms with van der Waals surface area (Å²) in [4.78, 5) is 38.4. The summed E-state index contributed by atoms with van der Waals surface area (Å²) < 4.78 is 10.6. The third kappa shape index (κ3) is 3.77. The van der Waals surface area contributed by atoms with Gasteiger partial charge in [-0.2, -0.15) is 0 Å². The van der Waals surface area contributed by atoms with Crippen LogP contribution in [0.5, 0.6) is 0 Å². The van der Waals surface area contributed by atoms with E-state index in [2.05, 4.69) is 0 Å². The quantitative estimate of drug-likeness (QED) is 0.387. The molecule has 2 aromatic carbocycles. The van der Waals surface area contributed by atoms with E-state index >= 15 is 0 Å². The van der Waals surface area contributed by atoms with Gasteiger partial charge in [-0.1, -0.05) is 29.8 Å². The molecule has 0 N–H and O–H groups in total. The number of furan rings is 1. The molecule has 0 atom stereocenters. The van der Waals surface area contributed by atoms with Gasteiger partial charge in [-0.3, -0.25) is 9.59 Å². The Morgan fingerprint density at radius 2 is 1.80 bits per heavy atom. The van der Waals surface area contributed by atoms with Crippen LogP contribution in [-0.4, -0.2) is 24.2 Å². The molecule has 1 aromatic heterocycles. The molecule has 30 heavy (non-hydrogen) atoms. The second kappa shape index (κ2) is 8.22. The lowest BCUT2D eigenvalue weighted by Gasteiger charge is -2.11. The highest BCUT2D eigenvalue weighted by Gasteiger charge is 2.36. The van der Waals surface area contributed by atoms with Crippen LogP contribution in [0, 0.1) is 0 Å². The van der Waals surface area contributed by atoms with Crippen LogP contribution in [-0.2, 0) is 9.53 Å². The first-order chi connectivity index (χ1) is 14.5. The van der Waals surface area contributed by atoms with Crippen molar-refractivity contribution in [1.29, 1.82) is 0 Å². The van der Waals surface area contributed by atoms with Crippen molar-refractivity contribution in [3.8, 4) is 11.3 Å². The molecule has 1 aliphatic rings. The Balaban J connectivity index is 1.62. The second-order valence-corrected chi connectivity index (χ2v) is 7.66. The van der Waals surface area contributed by atoms with E-state index in [0.717, 1.165) is 16.7 Å². The molecule has 8 heteroatoms. The van der Waals surface area contributed by atoms with Crippen LogP contribution in [0.4, 0.5) is 10.5 Å². The Morgan fingerprint density at radius 1 is 1.07 bits per heavy atom. The van der Waals surface area contributed by atoms with Gasteiger partial charge in [0, 0.05) is 16.7 Å². The maximum atomic E-state index is 12.7. The summed E-state index contributed by atoms with van der Waals surface area (Å²) in [6, 6.07) is 16.7. The van der Waals surface area contributed by atoms with Crippen LogP contribution >= 0.6 is 23.4 Å². The molecule has 2 heterocycles. The van der Waals surface area contributed by atoms with Gasteiger partial charge in [-0.15, -0.1) is 0 Å². The number of amides is 2. The predicted molar refractivity (Wildman–Crippen MR) is 115 cm³/mol. The number of carbonyl (C=O) groups excluding carboxylic acids is 3. The molecule has 0 radical (unpaired) electrons. The first-order valence-corrected chi connectivity index (χ1v) is 9.98. The first kappa shape index (κ1) is 20.0. The zero-order valence-corrected chi connectivity index (χ0v) is 17.2. The summed E-state index contributed by atoms with van der Waals surface area (Å²) in [5, 5.41) is 0.105. The van der Waals surface area contributed by atoms with Crippen molar-refractivity contribution >= 4 is 52.2 Å². The topological polar surface area (TPSA) is 76.8 Å². The van der Waals surface area contributed by atoms with Crippen LogP contribution in [0.1, 0.15) is 16.1 Å². The van der Waals surface area contributed by atoms with Gasteiger partial charge in [0.25, 0.3) is 11.1 Å². The highest BCUT2D eigenvalue weighted by molar-refractivity contribution is 8.19. The number of anilines is 1. The molecule has 3 aromatic rings. The third-order valence-corrected chi connectivity index (χ3v) is 5.50. The van der Waals surface area contributed by atoms with Crippen molar-refractivity contribution in [3.63, 3.8) is 0 Å². The number of hydrogen-bond donors (Lipinski definition) is 0. The maximum absolute atomic E-state index is 12.7. The van der Waals surface area contributed by atoms with Gasteiger partial charge in [0.1, 0.15) is 11.5 Å². The fourth-order valence-corrected chi connectivity index (χ4v) is 3.92. The van der Waals surface area contributed by atoms with Gasteiger partial charge in [0.15, 0.2) is 0 Å². The molecular weight excluding hydrogens is 426 g/mol. The van der Waals surface area contributed by atoms with E-state index in [1.54, 1.807) is 60.7 Å². The van der Waals surface area contributed by atoms with Gasteiger partial charge in [0.05, 0.1) is 23.3 Å². The minimum Gasteiger partial charge on any atom is -0.465 e. The molecule has 0 spiro atoms. The first-order valence-electron chi connectivity index (χ1n) is 8.79. The molecule has 2 amide bonds. The molecule has 0 bridgehead atoms. The molecule has 150 valence electrons. The summed E-state index contributed by atoms with van der Waals surface area (Å²) in [5.74, 6) is -0.0988. The fraction of sp³-hybridized carbons (Fsp3) is 0.0455. The van der Waals surface area contributed by atoms with E-state index in [1.807, 2.05) is 0 Å². The van der Waals surface area contributed by atoms with E-state index in [-0.39, 0.29) is 4.91 Å². The standard InChI is InChI=1S/C22H14ClNO5S/c1-28-21(26)17-5-3-2-4-16(17)18-11-10-15(29-18)12-19-20(25)24(22(27)30-19)14-8-6-13(23)7-9-14/h2-12H,1H3/b19-12+. The van der Waals surface area contributed by atoms with Crippen molar-refractivity contribution in [2.24, 2.45) is 0 Å². The number of ether oxygens (including phenoxy) is 1. The zero-order valence-electron chi connectivity index (χ0n) is 15.6. The molecule has 6 nitrogen and oxygen atoms in total. The number of halogens is 1. The maximum Gasteiger partial charge on any atom is 0.338 e. The zero-order chi connectivity index (χ0) is 21.3. The average Bonchev–Trinajstić information content (AvgIpc) is 3.33. The van der Waals surface area contributed by atoms with Crippen molar-refractivity contribution in [2.75, 3.05) is 12.0 Å². The number of thioether (sulfide) groups is 1. The van der Waals surface area contributed by atoms with E-state index in [1.165, 1.54) is 13.2 Å². The Bertz CT molecular complexity index is 1180. The monoisotopic (exact) mass is 439 g/mol. The largest absolute Gasteiger partial charge is 0.465 e. The SMILES string of the molecule is COC(=O)c1ccccc1-c1ccc(/C=C2/SC(=O)N(c3ccc(Cl)cc3)C2=O)o1. The van der Waals surface area contributed by atoms with E-state index in [9.17, 15) is 14.4 Å². The summed E-state index contributed by atoms with van der Waals surface area (Å²) in [6.07, 6.45) is 1.51. The van der Waals surface area contributed by atoms with Gasteiger partial charge in [0.2, 0.25) is 0 Å². The number of esters is 1. The highest BCUT2D eigenvalue weighted by atomic mass is 35.5. The Kier molecular flexibility index (Phi) is 5.48. The Morgan fingerprint density at radius 3 is 2.53 bits per heavy atom. The Labute approximate surface area is 181 Å². The van der Waals surface area contributed by atoms with Crippen molar-refractivity contribution in [1.82, 2.24) is 0 Å². The minimum atomic E-state index is -0.479. The van der Waals surface area contributed by atoms with Crippen LogP contribution in [0.25, 0.3) is 17.4 Å². The number of methoxy groups -OCH3 is 1. The number of nitrogens with zero attached hydrogens (tertiary/aromatic N) is 1. The number of benzene rings is 2. The molecular formula is C22H14ClNO5S. The third-order valence-electron chi connectivity index (χ3n) is 4.38. The Hall–Kier alpha value is -3.29.